The molecule has 0 atom stereocenters. The molecular formula is C22H24N2. The van der Waals surface area contributed by atoms with Crippen molar-refractivity contribution in [3.8, 4) is 0 Å². The lowest BCUT2D eigenvalue weighted by atomic mass is 10.0. The summed E-state index contributed by atoms with van der Waals surface area (Å²) in [4.78, 5) is 0. The van der Waals surface area contributed by atoms with E-state index in [0.717, 1.165) is 11.1 Å². The Balaban J connectivity index is 6.09. The minimum absolute atomic E-state index is 0.625. The molecule has 0 rings (SSSR count). The van der Waals surface area contributed by atoms with Gasteiger partial charge in [0, 0.05) is 5.57 Å². The SMILES string of the molecule is C=C/C=C\C(=C(C=C)C=C)C(=C\C=C)/N=N\C(\C=C/C=C)=C\C=C. The average Bonchev–Trinajstić information content (AvgIpc) is 2.60. The molecule has 0 fully saturated rings. The fourth-order valence-corrected chi connectivity index (χ4v) is 1.61. The molecule has 0 aromatic carbocycles. The molecule has 0 aliphatic heterocycles. The highest BCUT2D eigenvalue weighted by molar-refractivity contribution is 5.51. The van der Waals surface area contributed by atoms with Crippen LogP contribution >= 0.6 is 0 Å². The number of rotatable bonds is 11. The lowest BCUT2D eigenvalue weighted by molar-refractivity contribution is 1.10. The predicted octanol–water partition coefficient (Wildman–Crippen LogP) is 6.73. The smallest absolute Gasteiger partial charge is 0.0935 e. The van der Waals surface area contributed by atoms with Crippen LogP contribution in [0.3, 0.4) is 0 Å². The summed E-state index contributed by atoms with van der Waals surface area (Å²) in [5.41, 5.74) is 2.91. The molecule has 0 saturated carbocycles. The van der Waals surface area contributed by atoms with E-state index >= 15 is 0 Å². The molecule has 0 bridgehead atoms. The van der Waals surface area contributed by atoms with Crippen molar-refractivity contribution in [2.45, 2.75) is 0 Å². The van der Waals surface area contributed by atoms with E-state index < -0.39 is 0 Å². The summed E-state index contributed by atoms with van der Waals surface area (Å²) < 4.78 is 0. The van der Waals surface area contributed by atoms with Crippen LogP contribution in [0.25, 0.3) is 0 Å². The third kappa shape index (κ3) is 7.66. The second kappa shape index (κ2) is 13.4. The molecule has 0 spiro atoms. The van der Waals surface area contributed by atoms with Gasteiger partial charge in [-0.3, -0.25) is 0 Å². The topological polar surface area (TPSA) is 24.7 Å². The standard InChI is InChI=1S/C22H24N2/c1-7-13-17-20(15-9-3)23-24-22(16-10-4)21(18-14-8-2)19(11-5)12-6/h7-18H,1-6H2/b17-13-,18-14-,20-15+,22-16+,24-23-. The third-order valence-electron chi connectivity index (χ3n) is 2.67. The Morgan fingerprint density at radius 3 is 1.71 bits per heavy atom. The molecule has 0 aromatic rings. The second-order valence-electron chi connectivity index (χ2n) is 4.28. The van der Waals surface area contributed by atoms with Gasteiger partial charge < -0.3 is 0 Å². The fourth-order valence-electron chi connectivity index (χ4n) is 1.61. The van der Waals surface area contributed by atoms with E-state index in [4.69, 9.17) is 0 Å². The summed E-state index contributed by atoms with van der Waals surface area (Å²) in [5.74, 6) is 0. The zero-order valence-electron chi connectivity index (χ0n) is 14.1. The molecule has 0 aromatic heterocycles. The maximum atomic E-state index is 4.33. The maximum absolute atomic E-state index is 4.33. The quantitative estimate of drug-likeness (QED) is 0.298. The Bertz CT molecular complexity index is 665. The summed E-state index contributed by atoms with van der Waals surface area (Å²) >= 11 is 0. The van der Waals surface area contributed by atoms with Crippen LogP contribution in [0.5, 0.6) is 0 Å². The highest BCUT2D eigenvalue weighted by Gasteiger charge is 2.04. The number of nitrogens with zero attached hydrogens (tertiary/aromatic N) is 2. The predicted molar refractivity (Wildman–Crippen MR) is 108 cm³/mol. The van der Waals surface area contributed by atoms with E-state index in [0.29, 0.717) is 11.4 Å². The highest BCUT2D eigenvalue weighted by Crippen LogP contribution is 2.21. The lowest BCUT2D eigenvalue weighted by Gasteiger charge is -2.06. The Kier molecular flexibility index (Phi) is 11.6. The first kappa shape index (κ1) is 20.7. The number of azo groups is 1. The first-order valence-corrected chi connectivity index (χ1v) is 7.33. The van der Waals surface area contributed by atoms with E-state index in [1.807, 2.05) is 12.2 Å². The number of allylic oxidation sites excluding steroid dienone is 13. The van der Waals surface area contributed by atoms with Crippen molar-refractivity contribution in [3.63, 3.8) is 0 Å². The first-order chi connectivity index (χ1) is 11.7. The van der Waals surface area contributed by atoms with Gasteiger partial charge in [0.2, 0.25) is 0 Å². The molecule has 2 nitrogen and oxygen atoms in total. The molecule has 0 amide bonds. The van der Waals surface area contributed by atoms with E-state index in [2.05, 4.69) is 49.7 Å². The van der Waals surface area contributed by atoms with Crippen LogP contribution < -0.4 is 0 Å². The van der Waals surface area contributed by atoms with Crippen molar-refractivity contribution in [2.24, 2.45) is 10.2 Å². The van der Waals surface area contributed by atoms with Crippen molar-refractivity contribution >= 4 is 0 Å². The molecule has 0 radical (unpaired) electrons. The average molecular weight is 316 g/mol. The molecule has 122 valence electrons. The Hall–Kier alpha value is -3.26. The Morgan fingerprint density at radius 2 is 1.21 bits per heavy atom. The summed E-state index contributed by atoms with van der Waals surface area (Å²) in [7, 11) is 0. The lowest BCUT2D eigenvalue weighted by Crippen LogP contribution is -1.88. The third-order valence-corrected chi connectivity index (χ3v) is 2.67. The van der Waals surface area contributed by atoms with Gasteiger partial charge in [-0.1, -0.05) is 94.2 Å². The number of hydrogen-bond donors (Lipinski definition) is 0. The summed E-state index contributed by atoms with van der Waals surface area (Å²) in [6, 6.07) is 0. The van der Waals surface area contributed by atoms with Crippen LogP contribution in [0, 0.1) is 0 Å². The van der Waals surface area contributed by atoms with Crippen LogP contribution in [-0.2, 0) is 0 Å². The molecule has 24 heavy (non-hydrogen) atoms. The molecule has 2 heteroatoms. The van der Waals surface area contributed by atoms with Gasteiger partial charge in [-0.05, 0) is 23.8 Å². The fraction of sp³-hybridized carbons (Fsp3) is 0. The van der Waals surface area contributed by atoms with E-state index in [9.17, 15) is 0 Å². The molecule has 0 N–H and O–H groups in total. The zero-order chi connectivity index (χ0) is 18.2. The Morgan fingerprint density at radius 1 is 0.625 bits per heavy atom. The largest absolute Gasteiger partial charge is 0.151 e. The maximum Gasteiger partial charge on any atom is 0.0935 e. The number of hydrogen-bond acceptors (Lipinski definition) is 2. The highest BCUT2D eigenvalue weighted by atomic mass is 15.1. The van der Waals surface area contributed by atoms with Crippen molar-refractivity contribution in [2.75, 3.05) is 0 Å². The van der Waals surface area contributed by atoms with Gasteiger partial charge in [0.1, 0.15) is 0 Å². The van der Waals surface area contributed by atoms with Gasteiger partial charge in [0.15, 0.2) is 0 Å². The van der Waals surface area contributed by atoms with Crippen molar-refractivity contribution < 1.29 is 0 Å². The van der Waals surface area contributed by atoms with Gasteiger partial charge in [0.05, 0.1) is 11.4 Å². The molecule has 0 aliphatic rings. The van der Waals surface area contributed by atoms with Gasteiger partial charge >= 0.3 is 0 Å². The summed E-state index contributed by atoms with van der Waals surface area (Å²) in [6.45, 7) is 22.4. The summed E-state index contributed by atoms with van der Waals surface area (Å²) in [5, 5.41) is 8.58. The van der Waals surface area contributed by atoms with Crippen LogP contribution in [0.1, 0.15) is 0 Å². The van der Waals surface area contributed by atoms with Gasteiger partial charge in [0.25, 0.3) is 0 Å². The normalized spacial score (nSPS) is 12.3. The zero-order valence-corrected chi connectivity index (χ0v) is 14.1. The molecule has 0 aliphatic carbocycles. The minimum Gasteiger partial charge on any atom is -0.151 e. The van der Waals surface area contributed by atoms with Gasteiger partial charge in [-0.2, -0.15) is 5.11 Å². The van der Waals surface area contributed by atoms with E-state index in [1.165, 1.54) is 0 Å². The molecular weight excluding hydrogens is 292 g/mol. The monoisotopic (exact) mass is 316 g/mol. The molecule has 0 unspecified atom stereocenters. The van der Waals surface area contributed by atoms with Crippen LogP contribution in [0.4, 0.5) is 0 Å². The molecule has 0 heterocycles. The van der Waals surface area contributed by atoms with Crippen LogP contribution in [0.2, 0.25) is 0 Å². The molecule has 0 saturated heterocycles. The first-order valence-electron chi connectivity index (χ1n) is 7.33. The minimum atomic E-state index is 0.625. The van der Waals surface area contributed by atoms with Gasteiger partial charge in [-0.25, -0.2) is 0 Å². The van der Waals surface area contributed by atoms with Crippen molar-refractivity contribution in [1.82, 2.24) is 0 Å². The Labute approximate surface area is 145 Å². The second-order valence-corrected chi connectivity index (χ2v) is 4.28. The van der Waals surface area contributed by atoms with Crippen LogP contribution in [-0.4, -0.2) is 0 Å². The van der Waals surface area contributed by atoms with Gasteiger partial charge in [-0.15, -0.1) is 5.11 Å². The van der Waals surface area contributed by atoms with Crippen molar-refractivity contribution in [3.05, 3.63) is 135 Å². The summed E-state index contributed by atoms with van der Waals surface area (Å²) in [6.07, 6.45) is 20.8. The van der Waals surface area contributed by atoms with E-state index in [-0.39, 0.29) is 0 Å². The van der Waals surface area contributed by atoms with Crippen molar-refractivity contribution in [1.29, 1.82) is 0 Å². The van der Waals surface area contributed by atoms with Crippen LogP contribution in [0.15, 0.2) is 145 Å². The van der Waals surface area contributed by atoms with E-state index in [1.54, 1.807) is 60.8 Å².